The van der Waals surface area contributed by atoms with Crippen LogP contribution in [0, 0.1) is 0 Å². The molecule has 3 aromatic rings. The quantitative estimate of drug-likeness (QED) is 0.395. The van der Waals surface area contributed by atoms with Crippen molar-refractivity contribution in [3.05, 3.63) is 93.4 Å². The molecule has 0 aliphatic carbocycles. The molecular formula is C23H22BrClN2O4S. The topological polar surface area (TPSA) is 75.7 Å². The monoisotopic (exact) mass is 536 g/mol. The van der Waals surface area contributed by atoms with E-state index in [9.17, 15) is 13.2 Å². The first-order valence-corrected chi connectivity index (χ1v) is 12.7. The minimum absolute atomic E-state index is 0.159. The van der Waals surface area contributed by atoms with Crippen LogP contribution in [-0.4, -0.2) is 33.7 Å². The number of anilines is 1. The molecule has 0 fully saturated rings. The van der Waals surface area contributed by atoms with E-state index in [1.165, 1.54) is 10.6 Å². The van der Waals surface area contributed by atoms with E-state index >= 15 is 0 Å². The Kier molecular flexibility index (Phi) is 8.17. The van der Waals surface area contributed by atoms with Crippen LogP contribution in [-0.2, 0) is 16.6 Å². The summed E-state index contributed by atoms with van der Waals surface area (Å²) < 4.78 is 32.3. The van der Waals surface area contributed by atoms with Crippen LogP contribution in [0.15, 0.2) is 77.3 Å². The minimum atomic E-state index is -3.49. The average molecular weight is 538 g/mol. The highest BCUT2D eigenvalue weighted by Gasteiger charge is 2.18. The Labute approximate surface area is 201 Å². The fourth-order valence-electron chi connectivity index (χ4n) is 2.92. The summed E-state index contributed by atoms with van der Waals surface area (Å²) in [5.41, 5.74) is 1.80. The molecule has 0 aliphatic heterocycles. The van der Waals surface area contributed by atoms with E-state index in [1.807, 2.05) is 6.07 Å². The van der Waals surface area contributed by atoms with Gasteiger partial charge in [-0.1, -0.05) is 45.7 Å². The first-order chi connectivity index (χ1) is 15.2. The maximum absolute atomic E-state index is 12.4. The number of hydrogen-bond acceptors (Lipinski definition) is 4. The number of ether oxygens (including phenoxy) is 1. The maximum atomic E-state index is 12.4. The average Bonchev–Trinajstić information content (AvgIpc) is 2.76. The molecule has 168 valence electrons. The summed E-state index contributed by atoms with van der Waals surface area (Å²) >= 11 is 9.20. The van der Waals surface area contributed by atoms with Gasteiger partial charge < -0.3 is 10.1 Å². The molecule has 1 amide bonds. The lowest BCUT2D eigenvalue weighted by Crippen LogP contribution is -2.29. The molecular weight excluding hydrogens is 516 g/mol. The molecule has 6 nitrogen and oxygen atoms in total. The van der Waals surface area contributed by atoms with Crippen LogP contribution < -0.4 is 14.4 Å². The van der Waals surface area contributed by atoms with Gasteiger partial charge in [-0.05, 0) is 60.2 Å². The molecule has 0 radical (unpaired) electrons. The third kappa shape index (κ3) is 6.98. The molecule has 9 heteroatoms. The Morgan fingerprint density at radius 3 is 2.38 bits per heavy atom. The zero-order valence-electron chi connectivity index (χ0n) is 17.3. The van der Waals surface area contributed by atoms with E-state index in [0.717, 1.165) is 10.0 Å². The first kappa shape index (κ1) is 24.1. The van der Waals surface area contributed by atoms with Crippen molar-refractivity contribution in [1.82, 2.24) is 5.32 Å². The highest BCUT2D eigenvalue weighted by atomic mass is 79.9. The summed E-state index contributed by atoms with van der Waals surface area (Å²) in [5, 5.41) is 3.43. The van der Waals surface area contributed by atoms with Gasteiger partial charge in [-0.3, -0.25) is 9.10 Å². The number of halogens is 2. The standard InChI is InChI=1S/C23H22BrClN2O4S/c1-32(29,30)27(21-4-2-3-19(24)15-21)16-17-5-7-18(8-6-17)23(28)26-13-14-31-22-11-9-20(25)10-12-22/h2-12,15H,13-14,16H2,1H3,(H,26,28). The molecule has 0 saturated heterocycles. The molecule has 3 aromatic carbocycles. The molecule has 32 heavy (non-hydrogen) atoms. The second-order valence-electron chi connectivity index (χ2n) is 7.00. The van der Waals surface area contributed by atoms with Gasteiger partial charge in [0.25, 0.3) is 5.91 Å². The highest BCUT2D eigenvalue weighted by Crippen LogP contribution is 2.24. The molecule has 0 spiro atoms. The molecule has 0 saturated carbocycles. The zero-order chi connectivity index (χ0) is 23.1. The molecule has 3 rings (SSSR count). The van der Waals surface area contributed by atoms with E-state index in [0.29, 0.717) is 35.2 Å². The summed E-state index contributed by atoms with van der Waals surface area (Å²) in [4.78, 5) is 12.4. The first-order valence-electron chi connectivity index (χ1n) is 9.71. The molecule has 0 aromatic heterocycles. The van der Waals surface area contributed by atoms with Gasteiger partial charge in [0.15, 0.2) is 0 Å². The van der Waals surface area contributed by atoms with Gasteiger partial charge in [0.1, 0.15) is 12.4 Å². The van der Waals surface area contributed by atoms with Crippen LogP contribution in [0.2, 0.25) is 5.02 Å². The van der Waals surface area contributed by atoms with E-state index in [1.54, 1.807) is 66.7 Å². The van der Waals surface area contributed by atoms with Crippen LogP contribution in [0.4, 0.5) is 5.69 Å². The Bertz CT molecular complexity index is 1170. The Balaban J connectivity index is 1.57. The van der Waals surface area contributed by atoms with Crippen molar-refractivity contribution in [2.75, 3.05) is 23.7 Å². The number of amides is 1. The molecule has 0 aliphatic rings. The van der Waals surface area contributed by atoms with E-state index in [-0.39, 0.29) is 12.5 Å². The van der Waals surface area contributed by atoms with Crippen molar-refractivity contribution in [2.24, 2.45) is 0 Å². The number of hydrogen-bond donors (Lipinski definition) is 1. The van der Waals surface area contributed by atoms with Crippen LogP contribution in [0.3, 0.4) is 0 Å². The van der Waals surface area contributed by atoms with Crippen molar-refractivity contribution >= 4 is 49.1 Å². The van der Waals surface area contributed by atoms with Gasteiger partial charge >= 0.3 is 0 Å². The third-order valence-corrected chi connectivity index (χ3v) is 6.39. The summed E-state index contributed by atoms with van der Waals surface area (Å²) in [7, 11) is -3.49. The smallest absolute Gasteiger partial charge is 0.251 e. The van der Waals surface area contributed by atoms with Gasteiger partial charge in [-0.15, -0.1) is 0 Å². The van der Waals surface area contributed by atoms with Crippen LogP contribution in [0.1, 0.15) is 15.9 Å². The predicted molar refractivity (Wildman–Crippen MR) is 131 cm³/mol. The molecule has 0 heterocycles. The van der Waals surface area contributed by atoms with Crippen molar-refractivity contribution in [2.45, 2.75) is 6.54 Å². The molecule has 0 unspecified atom stereocenters. The van der Waals surface area contributed by atoms with Crippen molar-refractivity contribution < 1.29 is 17.9 Å². The molecule has 0 atom stereocenters. The minimum Gasteiger partial charge on any atom is -0.492 e. The largest absolute Gasteiger partial charge is 0.492 e. The summed E-state index contributed by atoms with van der Waals surface area (Å²) in [5.74, 6) is 0.442. The van der Waals surface area contributed by atoms with E-state index in [4.69, 9.17) is 16.3 Å². The van der Waals surface area contributed by atoms with Gasteiger partial charge in [0.05, 0.1) is 25.0 Å². The fourth-order valence-corrected chi connectivity index (χ4v) is 4.32. The predicted octanol–water partition coefficient (Wildman–Crippen LogP) is 4.88. The summed E-state index contributed by atoms with van der Waals surface area (Å²) in [6, 6.07) is 20.9. The van der Waals surface area contributed by atoms with Gasteiger partial charge in [0.2, 0.25) is 10.0 Å². The second kappa shape index (κ2) is 10.8. The van der Waals surface area contributed by atoms with Crippen LogP contribution in [0.5, 0.6) is 5.75 Å². The van der Waals surface area contributed by atoms with Crippen molar-refractivity contribution in [3.8, 4) is 5.75 Å². The van der Waals surface area contributed by atoms with Crippen LogP contribution in [0.25, 0.3) is 0 Å². The maximum Gasteiger partial charge on any atom is 0.251 e. The van der Waals surface area contributed by atoms with Gasteiger partial charge in [-0.2, -0.15) is 0 Å². The fraction of sp³-hybridized carbons (Fsp3) is 0.174. The molecule has 1 N–H and O–H groups in total. The van der Waals surface area contributed by atoms with Crippen molar-refractivity contribution in [3.63, 3.8) is 0 Å². The zero-order valence-corrected chi connectivity index (χ0v) is 20.5. The number of benzene rings is 3. The van der Waals surface area contributed by atoms with Crippen molar-refractivity contribution in [1.29, 1.82) is 0 Å². The number of nitrogens with zero attached hydrogens (tertiary/aromatic N) is 1. The lowest BCUT2D eigenvalue weighted by molar-refractivity contribution is 0.0947. The van der Waals surface area contributed by atoms with E-state index in [2.05, 4.69) is 21.2 Å². The lowest BCUT2D eigenvalue weighted by atomic mass is 10.1. The molecule has 0 bridgehead atoms. The Morgan fingerprint density at radius 2 is 1.75 bits per heavy atom. The number of carbonyl (C=O) groups excluding carboxylic acids is 1. The Hall–Kier alpha value is -2.55. The van der Waals surface area contributed by atoms with Gasteiger partial charge in [-0.25, -0.2) is 8.42 Å². The van der Waals surface area contributed by atoms with Gasteiger partial charge in [0, 0.05) is 15.1 Å². The normalized spacial score (nSPS) is 11.1. The highest BCUT2D eigenvalue weighted by molar-refractivity contribution is 9.10. The summed E-state index contributed by atoms with van der Waals surface area (Å²) in [6.07, 6.45) is 1.17. The van der Waals surface area contributed by atoms with E-state index < -0.39 is 10.0 Å². The number of nitrogens with one attached hydrogen (secondary N) is 1. The number of sulfonamides is 1. The van der Waals surface area contributed by atoms with Crippen LogP contribution >= 0.6 is 27.5 Å². The SMILES string of the molecule is CS(=O)(=O)N(Cc1ccc(C(=O)NCCOc2ccc(Cl)cc2)cc1)c1cccc(Br)c1. The second-order valence-corrected chi connectivity index (χ2v) is 10.3. The number of carbonyl (C=O) groups is 1. The lowest BCUT2D eigenvalue weighted by Gasteiger charge is -2.23. The third-order valence-electron chi connectivity index (χ3n) is 4.51. The number of rotatable bonds is 9. The summed E-state index contributed by atoms with van der Waals surface area (Å²) in [6.45, 7) is 0.821. The Morgan fingerprint density at radius 1 is 1.06 bits per heavy atom.